The van der Waals surface area contributed by atoms with Crippen LogP contribution in [0.15, 0.2) is 0 Å². The summed E-state index contributed by atoms with van der Waals surface area (Å²) in [7, 11) is 0. The number of nitrogens with one attached hydrogen (secondary N) is 2. The average molecular weight is 617 g/mol. The van der Waals surface area contributed by atoms with Gasteiger partial charge in [0.2, 0.25) is 0 Å². The van der Waals surface area contributed by atoms with Crippen molar-refractivity contribution in [3.63, 3.8) is 0 Å². The summed E-state index contributed by atoms with van der Waals surface area (Å²) in [6.45, 7) is 13.8. The van der Waals surface area contributed by atoms with Crippen LogP contribution in [0.3, 0.4) is 0 Å². The Hall–Kier alpha value is -1.14. The fraction of sp³-hybridized carbons (Fsp3) is 0.947. The van der Waals surface area contributed by atoms with E-state index in [1.165, 1.54) is 64.2 Å². The standard InChI is InChI=1S/C38H68N2O4/c1-7-35(5)27-31(29(3)37(39-35)23-17-13-18-24-37)43-33(41)21-15-11-9-10-12-16-22-34(42)44-32-28-36(6,8-2)40-38(30(32)4)25-19-14-20-26-38/h29-32,39-40H,7-28H2,1-6H3. The lowest BCUT2D eigenvalue weighted by Crippen LogP contribution is -2.68. The first kappa shape index (κ1) is 35.7. The molecule has 0 amide bonds. The second-order valence-electron chi connectivity index (χ2n) is 16.2. The predicted molar refractivity (Wildman–Crippen MR) is 180 cm³/mol. The third-order valence-corrected chi connectivity index (χ3v) is 12.9. The van der Waals surface area contributed by atoms with Crippen LogP contribution < -0.4 is 10.6 Å². The van der Waals surface area contributed by atoms with E-state index in [0.717, 1.165) is 64.2 Å². The summed E-state index contributed by atoms with van der Waals surface area (Å²) in [5.74, 6) is 0.690. The molecule has 254 valence electrons. The van der Waals surface area contributed by atoms with Gasteiger partial charge in [-0.2, -0.15) is 0 Å². The number of piperidine rings is 2. The number of hydrogen-bond acceptors (Lipinski definition) is 6. The molecule has 4 rings (SSSR count). The molecular formula is C38H68N2O4. The third-order valence-electron chi connectivity index (χ3n) is 12.9. The van der Waals surface area contributed by atoms with Crippen LogP contribution in [0, 0.1) is 11.8 Å². The quantitative estimate of drug-likeness (QED) is 0.159. The van der Waals surface area contributed by atoms with Crippen molar-refractivity contribution >= 4 is 11.9 Å². The van der Waals surface area contributed by atoms with E-state index in [1.54, 1.807) is 0 Å². The Kier molecular flexibility index (Phi) is 12.7. The Bertz CT molecular complexity index is 852. The van der Waals surface area contributed by atoms with E-state index in [0.29, 0.717) is 24.7 Å². The monoisotopic (exact) mass is 617 g/mol. The summed E-state index contributed by atoms with van der Waals surface area (Å²) in [6, 6.07) is 0. The third kappa shape index (κ3) is 8.81. The predicted octanol–water partition coefficient (Wildman–Crippen LogP) is 8.93. The Morgan fingerprint density at radius 2 is 0.932 bits per heavy atom. The van der Waals surface area contributed by atoms with Gasteiger partial charge in [0.25, 0.3) is 0 Å². The molecular weight excluding hydrogens is 548 g/mol. The van der Waals surface area contributed by atoms with Crippen LogP contribution in [0.2, 0.25) is 0 Å². The fourth-order valence-corrected chi connectivity index (χ4v) is 9.47. The molecule has 2 heterocycles. The molecule has 2 aliphatic heterocycles. The van der Waals surface area contributed by atoms with Crippen molar-refractivity contribution < 1.29 is 19.1 Å². The van der Waals surface area contributed by atoms with Crippen molar-refractivity contribution in [3.05, 3.63) is 0 Å². The molecule has 2 saturated carbocycles. The van der Waals surface area contributed by atoms with Gasteiger partial charge in [-0.15, -0.1) is 0 Å². The molecule has 6 unspecified atom stereocenters. The summed E-state index contributed by atoms with van der Waals surface area (Å²) >= 11 is 0. The number of hydrogen-bond donors (Lipinski definition) is 2. The summed E-state index contributed by atoms with van der Waals surface area (Å²) in [4.78, 5) is 25.8. The molecule has 6 heteroatoms. The van der Waals surface area contributed by atoms with Crippen LogP contribution in [0.1, 0.15) is 183 Å². The molecule has 44 heavy (non-hydrogen) atoms. The summed E-state index contributed by atoms with van der Waals surface area (Å²) in [5, 5.41) is 8.10. The average Bonchev–Trinajstić information content (AvgIpc) is 3.00. The molecule has 0 bridgehead atoms. The number of rotatable bonds is 13. The van der Waals surface area contributed by atoms with Crippen molar-refractivity contribution in [1.29, 1.82) is 0 Å². The van der Waals surface area contributed by atoms with Crippen LogP contribution >= 0.6 is 0 Å². The highest BCUT2D eigenvalue weighted by Gasteiger charge is 2.52. The normalized spacial score (nSPS) is 35.0. The number of carbonyl (C=O) groups excluding carboxylic acids is 2. The van der Waals surface area contributed by atoms with Crippen LogP contribution in [0.25, 0.3) is 0 Å². The molecule has 0 radical (unpaired) electrons. The number of esters is 2. The molecule has 2 aliphatic carbocycles. The second kappa shape index (κ2) is 15.6. The van der Waals surface area contributed by atoms with Crippen LogP contribution in [-0.2, 0) is 19.1 Å². The lowest BCUT2D eigenvalue weighted by molar-refractivity contribution is -0.161. The zero-order chi connectivity index (χ0) is 31.8. The maximum atomic E-state index is 12.9. The highest BCUT2D eigenvalue weighted by Crippen LogP contribution is 2.46. The highest BCUT2D eigenvalue weighted by atomic mass is 16.5. The molecule has 4 fully saturated rings. The van der Waals surface area contributed by atoms with Gasteiger partial charge in [-0.3, -0.25) is 9.59 Å². The van der Waals surface area contributed by atoms with E-state index in [1.807, 2.05) is 0 Å². The molecule has 0 aromatic rings. The van der Waals surface area contributed by atoms with E-state index < -0.39 is 0 Å². The van der Waals surface area contributed by atoms with Crippen molar-refractivity contribution in [2.75, 3.05) is 0 Å². The SMILES string of the molecule is CCC1(C)CC(OC(=O)CCCCCCCCC(=O)OC2CC(C)(CC)NC3(CCCCC3)C2C)C(C)C2(CCCCC2)N1. The first-order chi connectivity index (χ1) is 21.0. The zero-order valence-corrected chi connectivity index (χ0v) is 29.5. The van der Waals surface area contributed by atoms with Gasteiger partial charge in [-0.1, -0.05) is 91.9 Å². The van der Waals surface area contributed by atoms with Gasteiger partial charge in [-0.05, 0) is 65.2 Å². The van der Waals surface area contributed by atoms with Crippen LogP contribution in [0.4, 0.5) is 0 Å². The van der Waals surface area contributed by atoms with Gasteiger partial charge in [0.05, 0.1) is 0 Å². The van der Waals surface area contributed by atoms with Crippen LogP contribution in [0.5, 0.6) is 0 Å². The van der Waals surface area contributed by atoms with Gasteiger partial charge >= 0.3 is 11.9 Å². The van der Waals surface area contributed by atoms with Gasteiger partial charge in [-0.25, -0.2) is 0 Å². The molecule has 2 saturated heterocycles. The molecule has 0 aromatic heterocycles. The summed E-state index contributed by atoms with van der Waals surface area (Å²) < 4.78 is 12.4. The van der Waals surface area contributed by atoms with Crippen molar-refractivity contribution in [3.8, 4) is 0 Å². The lowest BCUT2D eigenvalue weighted by atomic mass is 9.64. The Balaban J connectivity index is 1.11. The van der Waals surface area contributed by atoms with Gasteiger partial charge in [0.1, 0.15) is 12.2 Å². The summed E-state index contributed by atoms with van der Waals surface area (Å²) in [6.07, 6.45) is 23.6. The highest BCUT2D eigenvalue weighted by molar-refractivity contribution is 5.70. The van der Waals surface area contributed by atoms with Crippen molar-refractivity contribution in [2.24, 2.45) is 11.8 Å². The molecule has 4 aliphatic rings. The van der Waals surface area contributed by atoms with E-state index in [-0.39, 0.29) is 46.3 Å². The van der Waals surface area contributed by atoms with Crippen LogP contribution in [-0.4, -0.2) is 46.3 Å². The molecule has 6 nitrogen and oxygen atoms in total. The maximum absolute atomic E-state index is 12.9. The van der Waals surface area contributed by atoms with Crippen molar-refractivity contribution in [2.45, 2.75) is 217 Å². The molecule has 0 aromatic carbocycles. The minimum Gasteiger partial charge on any atom is -0.462 e. The maximum Gasteiger partial charge on any atom is 0.306 e. The van der Waals surface area contributed by atoms with E-state index >= 15 is 0 Å². The topological polar surface area (TPSA) is 76.7 Å². The fourth-order valence-electron chi connectivity index (χ4n) is 9.47. The lowest BCUT2D eigenvalue weighted by Gasteiger charge is -2.56. The van der Waals surface area contributed by atoms with Gasteiger partial charge in [0.15, 0.2) is 0 Å². The first-order valence-corrected chi connectivity index (χ1v) is 19.0. The Labute approximate surface area is 270 Å². The van der Waals surface area contributed by atoms with E-state index in [2.05, 4.69) is 52.2 Å². The first-order valence-electron chi connectivity index (χ1n) is 19.0. The largest absolute Gasteiger partial charge is 0.462 e. The minimum atomic E-state index is -0.0165. The smallest absolute Gasteiger partial charge is 0.306 e. The number of carbonyl (C=O) groups is 2. The van der Waals surface area contributed by atoms with Gasteiger partial charge in [0, 0.05) is 59.7 Å². The zero-order valence-electron chi connectivity index (χ0n) is 29.5. The Morgan fingerprint density at radius 3 is 1.27 bits per heavy atom. The minimum absolute atomic E-state index is 0.0165. The summed E-state index contributed by atoms with van der Waals surface area (Å²) in [5.41, 5.74) is 0.331. The van der Waals surface area contributed by atoms with E-state index in [9.17, 15) is 9.59 Å². The van der Waals surface area contributed by atoms with Gasteiger partial charge < -0.3 is 20.1 Å². The van der Waals surface area contributed by atoms with Crippen molar-refractivity contribution in [1.82, 2.24) is 10.6 Å². The Morgan fingerprint density at radius 1 is 0.591 bits per heavy atom. The molecule has 2 N–H and O–H groups in total. The number of ether oxygens (including phenoxy) is 2. The molecule has 2 spiro atoms. The number of unbranched alkanes of at least 4 members (excludes halogenated alkanes) is 5. The van der Waals surface area contributed by atoms with E-state index in [4.69, 9.17) is 9.47 Å². The second-order valence-corrected chi connectivity index (χ2v) is 16.2. The molecule has 6 atom stereocenters.